The van der Waals surface area contributed by atoms with Crippen molar-refractivity contribution >= 4 is 5.91 Å². The van der Waals surface area contributed by atoms with Crippen LogP contribution < -0.4 is 10.6 Å². The molecule has 0 saturated heterocycles. The van der Waals surface area contributed by atoms with E-state index in [4.69, 9.17) is 0 Å². The Kier molecular flexibility index (Phi) is 9.62. The quantitative estimate of drug-likeness (QED) is 0.367. The number of amides is 1. The lowest BCUT2D eigenvalue weighted by Gasteiger charge is -2.41. The summed E-state index contributed by atoms with van der Waals surface area (Å²) in [5, 5.41) is 26.9. The lowest BCUT2D eigenvalue weighted by Crippen LogP contribution is -2.53. The van der Waals surface area contributed by atoms with Crippen molar-refractivity contribution < 1.29 is 23.8 Å². The largest absolute Gasteiger partial charge is 0.392 e. The SMILES string of the molecule is CC(=O)N[C@@H](Cc1cc(F)cc(F)c1)[C@H](O)CNC1(c2cccc(C(C)(C)C)c2)CCC(=CCO)CC1. The minimum Gasteiger partial charge on any atom is -0.392 e. The maximum Gasteiger partial charge on any atom is 0.217 e. The van der Waals surface area contributed by atoms with Crippen LogP contribution in [-0.2, 0) is 22.2 Å². The van der Waals surface area contributed by atoms with Gasteiger partial charge in [0.25, 0.3) is 0 Å². The summed E-state index contributed by atoms with van der Waals surface area (Å²) in [5.74, 6) is -1.73. The summed E-state index contributed by atoms with van der Waals surface area (Å²) in [4.78, 5) is 11.9. The molecule has 0 spiro atoms. The number of benzene rings is 2. The molecule has 7 heteroatoms. The van der Waals surface area contributed by atoms with Crippen LogP contribution >= 0.6 is 0 Å². The zero-order chi connectivity index (χ0) is 27.2. The molecule has 0 aromatic heterocycles. The lowest BCUT2D eigenvalue weighted by molar-refractivity contribution is -0.120. The molecule has 37 heavy (non-hydrogen) atoms. The van der Waals surface area contributed by atoms with Gasteiger partial charge >= 0.3 is 0 Å². The first-order chi connectivity index (χ1) is 17.4. The highest BCUT2D eigenvalue weighted by molar-refractivity contribution is 5.73. The summed E-state index contributed by atoms with van der Waals surface area (Å²) < 4.78 is 27.5. The molecule has 5 nitrogen and oxygen atoms in total. The van der Waals surface area contributed by atoms with Crippen molar-refractivity contribution in [1.82, 2.24) is 10.6 Å². The van der Waals surface area contributed by atoms with Crippen molar-refractivity contribution in [3.05, 3.63) is 82.4 Å². The van der Waals surface area contributed by atoms with E-state index in [-0.39, 0.29) is 30.9 Å². The predicted molar refractivity (Wildman–Crippen MR) is 142 cm³/mol. The van der Waals surface area contributed by atoms with Gasteiger partial charge in [-0.2, -0.15) is 0 Å². The van der Waals surface area contributed by atoms with Crippen LogP contribution in [0.5, 0.6) is 0 Å². The van der Waals surface area contributed by atoms with Crippen molar-refractivity contribution in [3.8, 4) is 0 Å². The molecule has 0 aliphatic heterocycles. The van der Waals surface area contributed by atoms with Gasteiger partial charge in [0.15, 0.2) is 0 Å². The Morgan fingerprint density at radius 3 is 2.32 bits per heavy atom. The minimum absolute atomic E-state index is 0.0209. The van der Waals surface area contributed by atoms with E-state index in [2.05, 4.69) is 55.7 Å². The molecule has 2 aromatic rings. The number of hydrogen-bond donors (Lipinski definition) is 4. The summed E-state index contributed by atoms with van der Waals surface area (Å²) in [6.07, 6.45) is 4.19. The first-order valence-corrected chi connectivity index (χ1v) is 13.0. The van der Waals surface area contributed by atoms with E-state index in [1.807, 2.05) is 6.08 Å². The van der Waals surface area contributed by atoms with Crippen LogP contribution in [-0.4, -0.2) is 41.4 Å². The number of hydrogen-bond acceptors (Lipinski definition) is 4. The Hall–Kier alpha value is -2.61. The summed E-state index contributed by atoms with van der Waals surface area (Å²) in [6, 6.07) is 11.0. The number of carbonyl (C=O) groups excluding carboxylic acids is 1. The molecule has 0 unspecified atom stereocenters. The average molecular weight is 515 g/mol. The van der Waals surface area contributed by atoms with Gasteiger partial charge in [-0.3, -0.25) is 4.79 Å². The van der Waals surface area contributed by atoms with Crippen molar-refractivity contribution in [2.75, 3.05) is 13.2 Å². The summed E-state index contributed by atoms with van der Waals surface area (Å²) in [5.41, 5.74) is 3.51. The van der Waals surface area contributed by atoms with E-state index in [0.717, 1.165) is 37.3 Å². The normalized spacial score (nSPS) is 19.8. The van der Waals surface area contributed by atoms with Crippen LogP contribution in [0, 0.1) is 11.6 Å². The van der Waals surface area contributed by atoms with E-state index in [1.54, 1.807) is 0 Å². The minimum atomic E-state index is -0.993. The second-order valence-corrected chi connectivity index (χ2v) is 11.2. The van der Waals surface area contributed by atoms with Crippen LogP contribution in [0.25, 0.3) is 0 Å². The van der Waals surface area contributed by atoms with Gasteiger partial charge in [-0.1, -0.05) is 56.7 Å². The Morgan fingerprint density at radius 1 is 1.11 bits per heavy atom. The van der Waals surface area contributed by atoms with Crippen LogP contribution in [0.15, 0.2) is 54.1 Å². The van der Waals surface area contributed by atoms with Crippen molar-refractivity contribution in [2.24, 2.45) is 0 Å². The molecule has 0 radical (unpaired) electrons. The number of nitrogens with one attached hydrogen (secondary N) is 2. The average Bonchev–Trinajstić information content (AvgIpc) is 2.82. The molecule has 202 valence electrons. The monoisotopic (exact) mass is 514 g/mol. The number of rotatable bonds is 9. The molecule has 1 aliphatic carbocycles. The highest BCUT2D eigenvalue weighted by Gasteiger charge is 2.36. The third-order valence-corrected chi connectivity index (χ3v) is 7.29. The molecule has 2 aromatic carbocycles. The van der Waals surface area contributed by atoms with Crippen LogP contribution in [0.1, 0.15) is 70.1 Å². The summed E-state index contributed by atoms with van der Waals surface area (Å²) in [6.45, 7) is 8.08. The standard InChI is InChI=1S/C30H40F2N2O3/c1-20(36)34-27(16-22-14-25(31)18-26(32)15-22)28(37)19-33-30(11-8-21(9-12-30)10-13-35)24-7-5-6-23(17-24)29(2,3)4/h5-7,10,14-15,17-18,27-28,33,35,37H,8-9,11-13,16,19H2,1-4H3,(H,34,36)/t27-,28+,30?/m0/s1. The number of aliphatic hydroxyl groups excluding tert-OH is 2. The Morgan fingerprint density at radius 2 is 1.76 bits per heavy atom. The fourth-order valence-corrected chi connectivity index (χ4v) is 5.15. The first-order valence-electron chi connectivity index (χ1n) is 13.0. The van der Waals surface area contributed by atoms with E-state index >= 15 is 0 Å². The van der Waals surface area contributed by atoms with Crippen LogP contribution in [0.2, 0.25) is 0 Å². The van der Waals surface area contributed by atoms with Gasteiger partial charge in [0.05, 0.1) is 18.8 Å². The number of carbonyl (C=O) groups is 1. The Balaban J connectivity index is 1.85. The number of halogens is 2. The van der Waals surface area contributed by atoms with E-state index in [0.29, 0.717) is 5.56 Å². The molecular formula is C30H40F2N2O3. The summed E-state index contributed by atoms with van der Waals surface area (Å²) in [7, 11) is 0. The highest BCUT2D eigenvalue weighted by Crippen LogP contribution is 2.40. The van der Waals surface area contributed by atoms with E-state index in [9.17, 15) is 23.8 Å². The van der Waals surface area contributed by atoms with Gasteiger partial charge in [-0.05, 0) is 66.3 Å². The van der Waals surface area contributed by atoms with Crippen LogP contribution in [0.3, 0.4) is 0 Å². The number of aliphatic hydroxyl groups is 2. The van der Waals surface area contributed by atoms with Gasteiger partial charge < -0.3 is 20.8 Å². The zero-order valence-corrected chi connectivity index (χ0v) is 22.3. The number of allylic oxidation sites excluding steroid dienone is 1. The molecule has 0 heterocycles. The van der Waals surface area contributed by atoms with E-state index in [1.165, 1.54) is 30.2 Å². The molecule has 1 aliphatic rings. The second kappa shape index (κ2) is 12.3. The van der Waals surface area contributed by atoms with Crippen molar-refractivity contribution in [3.63, 3.8) is 0 Å². The van der Waals surface area contributed by atoms with Gasteiger partial charge in [-0.25, -0.2) is 8.78 Å². The summed E-state index contributed by atoms with van der Waals surface area (Å²) >= 11 is 0. The maximum atomic E-state index is 13.8. The molecule has 4 N–H and O–H groups in total. The molecular weight excluding hydrogens is 474 g/mol. The zero-order valence-electron chi connectivity index (χ0n) is 22.3. The van der Waals surface area contributed by atoms with E-state index < -0.39 is 29.3 Å². The Bertz CT molecular complexity index is 1080. The molecule has 0 bridgehead atoms. The highest BCUT2D eigenvalue weighted by atomic mass is 19.1. The molecule has 2 atom stereocenters. The fourth-order valence-electron chi connectivity index (χ4n) is 5.15. The lowest BCUT2D eigenvalue weighted by atomic mass is 9.73. The van der Waals surface area contributed by atoms with Crippen molar-refractivity contribution in [1.29, 1.82) is 0 Å². The Labute approximate surface area is 219 Å². The topological polar surface area (TPSA) is 81.6 Å². The van der Waals surface area contributed by atoms with Crippen LogP contribution in [0.4, 0.5) is 8.78 Å². The third-order valence-electron chi connectivity index (χ3n) is 7.29. The first kappa shape index (κ1) is 29.0. The van der Waals surface area contributed by atoms with Crippen molar-refractivity contribution in [2.45, 2.75) is 82.9 Å². The molecule has 3 rings (SSSR count). The third kappa shape index (κ3) is 7.94. The fraction of sp³-hybridized carbons (Fsp3) is 0.500. The molecule has 1 amide bonds. The van der Waals surface area contributed by atoms with Gasteiger partial charge in [0.2, 0.25) is 5.91 Å². The molecule has 1 saturated carbocycles. The smallest absolute Gasteiger partial charge is 0.217 e. The van der Waals surface area contributed by atoms with Gasteiger partial charge in [0, 0.05) is 25.1 Å². The maximum absolute atomic E-state index is 13.8. The molecule has 1 fully saturated rings. The van der Waals surface area contributed by atoms with Gasteiger partial charge in [0.1, 0.15) is 11.6 Å². The van der Waals surface area contributed by atoms with Gasteiger partial charge in [-0.15, -0.1) is 0 Å². The second-order valence-electron chi connectivity index (χ2n) is 11.2. The predicted octanol–water partition coefficient (Wildman–Crippen LogP) is 4.65.